The van der Waals surface area contributed by atoms with E-state index in [2.05, 4.69) is 30.0 Å². The zero-order chi connectivity index (χ0) is 20.4. The molecule has 1 aliphatic heterocycles. The van der Waals surface area contributed by atoms with E-state index in [4.69, 9.17) is 32.9 Å². The maximum Gasteiger partial charge on any atom is 0.260 e. The van der Waals surface area contributed by atoms with Gasteiger partial charge in [-0.1, -0.05) is 47.5 Å². The van der Waals surface area contributed by atoms with Crippen LogP contribution in [0.2, 0.25) is 10.0 Å². The highest BCUT2D eigenvalue weighted by molar-refractivity contribution is 7.22. The number of carbonyl (C=O) groups excluding carboxylic acids is 1. The fraction of sp³-hybridized carbons (Fsp3) is 0.333. The third-order valence-corrected chi connectivity index (χ3v) is 6.61. The molecule has 0 radical (unpaired) electrons. The number of piperazine rings is 1. The Bertz CT molecular complexity index is 1030. The molecule has 0 spiro atoms. The van der Waals surface area contributed by atoms with Crippen molar-refractivity contribution >= 4 is 55.8 Å². The van der Waals surface area contributed by atoms with Gasteiger partial charge in [0.1, 0.15) is 5.75 Å². The van der Waals surface area contributed by atoms with Gasteiger partial charge >= 0.3 is 0 Å². The Morgan fingerprint density at radius 2 is 1.93 bits per heavy atom. The number of aromatic nitrogens is 1. The number of carbonyl (C=O) groups is 1. The lowest BCUT2D eigenvalue weighted by Crippen LogP contribution is -2.50. The molecule has 1 amide bonds. The fourth-order valence-corrected chi connectivity index (χ4v) is 4.83. The van der Waals surface area contributed by atoms with Crippen molar-refractivity contribution in [3.63, 3.8) is 0 Å². The van der Waals surface area contributed by atoms with Crippen LogP contribution in [0.15, 0.2) is 36.4 Å². The van der Waals surface area contributed by atoms with Gasteiger partial charge in [0, 0.05) is 31.2 Å². The normalized spacial score (nSPS) is 14.4. The van der Waals surface area contributed by atoms with E-state index in [0.29, 0.717) is 28.9 Å². The number of aryl methyl sites for hydroxylation is 1. The first-order chi connectivity index (χ1) is 14.0. The van der Waals surface area contributed by atoms with Crippen LogP contribution in [0.1, 0.15) is 12.5 Å². The van der Waals surface area contributed by atoms with Gasteiger partial charge in [-0.2, -0.15) is 0 Å². The summed E-state index contributed by atoms with van der Waals surface area (Å²) >= 11 is 13.7. The lowest BCUT2D eigenvalue weighted by Gasteiger charge is -2.34. The smallest absolute Gasteiger partial charge is 0.260 e. The maximum absolute atomic E-state index is 12.5. The summed E-state index contributed by atoms with van der Waals surface area (Å²) in [7, 11) is 0. The van der Waals surface area contributed by atoms with E-state index in [1.807, 2.05) is 4.90 Å². The van der Waals surface area contributed by atoms with Crippen LogP contribution in [0, 0.1) is 0 Å². The zero-order valence-corrected chi connectivity index (χ0v) is 18.4. The van der Waals surface area contributed by atoms with Crippen LogP contribution in [0.4, 0.5) is 5.13 Å². The summed E-state index contributed by atoms with van der Waals surface area (Å²) in [6.45, 7) is 4.92. The van der Waals surface area contributed by atoms with E-state index in [0.717, 1.165) is 30.2 Å². The Labute approximate surface area is 183 Å². The van der Waals surface area contributed by atoms with Gasteiger partial charge in [-0.25, -0.2) is 4.98 Å². The van der Waals surface area contributed by atoms with Gasteiger partial charge in [0.2, 0.25) is 0 Å². The van der Waals surface area contributed by atoms with Crippen LogP contribution in [0.25, 0.3) is 10.2 Å². The second kappa shape index (κ2) is 8.78. The Kier molecular flexibility index (Phi) is 6.13. The predicted octanol–water partition coefficient (Wildman–Crippen LogP) is 4.89. The van der Waals surface area contributed by atoms with E-state index in [1.165, 1.54) is 10.3 Å². The molecule has 29 heavy (non-hydrogen) atoms. The Hall–Kier alpha value is -2.02. The molecule has 0 atom stereocenters. The van der Waals surface area contributed by atoms with E-state index in [-0.39, 0.29) is 12.5 Å². The molecule has 0 aliphatic carbocycles. The standard InChI is InChI=1S/C21H21Cl2N3O2S/c1-2-14-3-5-17-19(11-14)29-21(24-17)26-9-7-25(8-10-26)20(27)13-28-18-6-4-15(22)12-16(18)23/h3-6,11-12H,2,7-10,13H2,1H3. The predicted molar refractivity (Wildman–Crippen MR) is 120 cm³/mol. The molecule has 0 saturated carbocycles. The molecule has 0 unspecified atom stereocenters. The highest BCUT2D eigenvalue weighted by Gasteiger charge is 2.23. The van der Waals surface area contributed by atoms with E-state index in [9.17, 15) is 4.79 Å². The third-order valence-electron chi connectivity index (χ3n) is 5.00. The largest absolute Gasteiger partial charge is 0.482 e. The Morgan fingerprint density at radius 3 is 2.66 bits per heavy atom. The number of fused-ring (bicyclic) bond motifs is 1. The van der Waals surface area contributed by atoms with Gasteiger partial charge in [-0.15, -0.1) is 0 Å². The number of ether oxygens (including phenoxy) is 1. The number of hydrogen-bond acceptors (Lipinski definition) is 5. The quantitative estimate of drug-likeness (QED) is 0.555. The summed E-state index contributed by atoms with van der Waals surface area (Å²) in [5.74, 6) is 0.413. The van der Waals surface area contributed by atoms with Crippen molar-refractivity contribution in [2.45, 2.75) is 13.3 Å². The van der Waals surface area contributed by atoms with E-state index >= 15 is 0 Å². The van der Waals surface area contributed by atoms with Crippen molar-refractivity contribution in [2.75, 3.05) is 37.7 Å². The van der Waals surface area contributed by atoms with Crippen LogP contribution in [-0.4, -0.2) is 48.6 Å². The molecule has 1 aliphatic rings. The van der Waals surface area contributed by atoms with Crippen LogP contribution in [-0.2, 0) is 11.2 Å². The minimum atomic E-state index is -0.0486. The first-order valence-electron chi connectivity index (χ1n) is 9.53. The van der Waals surface area contributed by atoms with Crippen LogP contribution < -0.4 is 9.64 Å². The molecular weight excluding hydrogens is 429 g/mol. The molecule has 8 heteroatoms. The van der Waals surface area contributed by atoms with Crippen LogP contribution in [0.3, 0.4) is 0 Å². The summed E-state index contributed by atoms with van der Waals surface area (Å²) < 4.78 is 6.79. The average molecular weight is 450 g/mol. The molecule has 2 aromatic carbocycles. The monoisotopic (exact) mass is 449 g/mol. The fourth-order valence-electron chi connectivity index (χ4n) is 3.28. The number of hydrogen-bond donors (Lipinski definition) is 0. The van der Waals surface area contributed by atoms with Gasteiger partial charge in [0.25, 0.3) is 5.91 Å². The summed E-state index contributed by atoms with van der Waals surface area (Å²) in [5, 5.41) is 1.95. The molecule has 1 saturated heterocycles. The Morgan fingerprint density at radius 1 is 1.14 bits per heavy atom. The number of halogens is 2. The number of nitrogens with zero attached hydrogens (tertiary/aromatic N) is 3. The number of rotatable bonds is 5. The lowest BCUT2D eigenvalue weighted by molar-refractivity contribution is -0.133. The highest BCUT2D eigenvalue weighted by Crippen LogP contribution is 2.30. The van der Waals surface area contributed by atoms with Gasteiger partial charge < -0.3 is 14.5 Å². The molecule has 1 aromatic heterocycles. The average Bonchev–Trinajstić information content (AvgIpc) is 3.16. The molecule has 4 rings (SSSR count). The number of benzene rings is 2. The first kappa shape index (κ1) is 20.3. The molecule has 0 bridgehead atoms. The van der Waals surface area contributed by atoms with Crippen molar-refractivity contribution in [1.82, 2.24) is 9.88 Å². The molecule has 0 N–H and O–H groups in total. The number of amides is 1. The maximum atomic E-state index is 12.5. The Balaban J connectivity index is 1.33. The summed E-state index contributed by atoms with van der Waals surface area (Å²) in [5.41, 5.74) is 2.36. The molecule has 5 nitrogen and oxygen atoms in total. The van der Waals surface area contributed by atoms with Gasteiger partial charge in [0.15, 0.2) is 11.7 Å². The van der Waals surface area contributed by atoms with Crippen molar-refractivity contribution in [1.29, 1.82) is 0 Å². The molecule has 3 aromatic rings. The van der Waals surface area contributed by atoms with Gasteiger partial charge in [0.05, 0.1) is 15.2 Å². The second-order valence-corrected chi connectivity index (χ2v) is 8.74. The third kappa shape index (κ3) is 4.60. The molecule has 152 valence electrons. The topological polar surface area (TPSA) is 45.7 Å². The molecular formula is C21H21Cl2N3O2S. The van der Waals surface area contributed by atoms with Crippen molar-refractivity contribution < 1.29 is 9.53 Å². The van der Waals surface area contributed by atoms with Crippen LogP contribution in [0.5, 0.6) is 5.75 Å². The minimum absolute atomic E-state index is 0.0394. The van der Waals surface area contributed by atoms with Crippen molar-refractivity contribution in [2.24, 2.45) is 0 Å². The lowest BCUT2D eigenvalue weighted by atomic mass is 10.2. The van der Waals surface area contributed by atoms with Crippen molar-refractivity contribution in [3.05, 3.63) is 52.0 Å². The van der Waals surface area contributed by atoms with E-state index < -0.39 is 0 Å². The number of anilines is 1. The number of thiazole rings is 1. The van der Waals surface area contributed by atoms with Gasteiger partial charge in [-0.3, -0.25) is 4.79 Å². The molecule has 1 fully saturated rings. The van der Waals surface area contributed by atoms with E-state index in [1.54, 1.807) is 29.5 Å². The second-order valence-electron chi connectivity index (χ2n) is 6.88. The van der Waals surface area contributed by atoms with Crippen molar-refractivity contribution in [3.8, 4) is 5.75 Å². The summed E-state index contributed by atoms with van der Waals surface area (Å²) in [6, 6.07) is 11.4. The van der Waals surface area contributed by atoms with Crippen LogP contribution >= 0.6 is 34.5 Å². The SMILES string of the molecule is CCc1ccc2nc(N3CCN(C(=O)COc4ccc(Cl)cc4Cl)CC3)sc2c1. The summed E-state index contributed by atoms with van der Waals surface area (Å²) in [4.78, 5) is 21.3. The highest BCUT2D eigenvalue weighted by atomic mass is 35.5. The minimum Gasteiger partial charge on any atom is -0.482 e. The summed E-state index contributed by atoms with van der Waals surface area (Å²) in [6.07, 6.45) is 1.02. The zero-order valence-electron chi connectivity index (χ0n) is 16.0. The van der Waals surface area contributed by atoms with Gasteiger partial charge in [-0.05, 0) is 42.3 Å². The first-order valence-corrected chi connectivity index (χ1v) is 11.1. The molecule has 2 heterocycles.